The number of aromatic nitrogens is 2. The van der Waals surface area contributed by atoms with Gasteiger partial charge in [-0.05, 0) is 20.8 Å². The van der Waals surface area contributed by atoms with Crippen LogP contribution >= 0.6 is 0 Å². The maximum Gasteiger partial charge on any atom is 0.317 e. The van der Waals surface area contributed by atoms with Crippen molar-refractivity contribution in [2.75, 3.05) is 26.7 Å². The Labute approximate surface area is 138 Å². The third-order valence-electron chi connectivity index (χ3n) is 4.14. The van der Waals surface area contributed by atoms with Crippen LogP contribution in [0.4, 0.5) is 4.79 Å². The van der Waals surface area contributed by atoms with Crippen LogP contribution in [0, 0.1) is 0 Å². The van der Waals surface area contributed by atoms with E-state index in [-0.39, 0.29) is 18.2 Å². The van der Waals surface area contributed by atoms with Gasteiger partial charge in [-0.25, -0.2) is 4.79 Å². The number of morpholine rings is 1. The topological polar surface area (TPSA) is 62.6 Å². The fourth-order valence-corrected chi connectivity index (χ4v) is 2.98. The molecule has 7 nitrogen and oxygen atoms in total. The van der Waals surface area contributed by atoms with Crippen molar-refractivity contribution in [2.45, 2.75) is 45.6 Å². The van der Waals surface area contributed by atoms with E-state index in [1.165, 1.54) is 0 Å². The van der Waals surface area contributed by atoms with Gasteiger partial charge in [-0.3, -0.25) is 9.58 Å². The van der Waals surface area contributed by atoms with Crippen molar-refractivity contribution in [2.24, 2.45) is 7.05 Å². The molecule has 0 aromatic carbocycles. The summed E-state index contributed by atoms with van der Waals surface area (Å²) < 4.78 is 7.49. The number of nitrogens with one attached hydrogen (secondary N) is 1. The Bertz CT molecular complexity index is 508. The molecule has 0 aliphatic carbocycles. The summed E-state index contributed by atoms with van der Waals surface area (Å²) in [5.41, 5.74) is 1.02. The second-order valence-corrected chi connectivity index (χ2v) is 6.62. The Morgan fingerprint density at radius 3 is 2.70 bits per heavy atom. The van der Waals surface area contributed by atoms with Crippen LogP contribution in [0.1, 0.15) is 26.3 Å². The normalized spacial score (nSPS) is 23.5. The minimum atomic E-state index is -0.0601. The van der Waals surface area contributed by atoms with Gasteiger partial charge in [-0.15, -0.1) is 0 Å². The number of aryl methyl sites for hydroxylation is 1. The highest BCUT2D eigenvalue weighted by atomic mass is 16.5. The third kappa shape index (κ3) is 5.21. The highest BCUT2D eigenvalue weighted by molar-refractivity contribution is 5.73. The van der Waals surface area contributed by atoms with E-state index in [1.807, 2.05) is 13.2 Å². The maximum atomic E-state index is 12.2. The zero-order valence-corrected chi connectivity index (χ0v) is 14.8. The van der Waals surface area contributed by atoms with Crippen LogP contribution in [0.2, 0.25) is 0 Å². The summed E-state index contributed by atoms with van der Waals surface area (Å²) in [4.78, 5) is 16.3. The van der Waals surface area contributed by atoms with Crippen LogP contribution in [0.3, 0.4) is 0 Å². The summed E-state index contributed by atoms with van der Waals surface area (Å²) in [6.07, 6.45) is 4.18. The number of amides is 2. The fraction of sp³-hybridized carbons (Fsp3) is 0.750. The molecule has 0 radical (unpaired) electrons. The molecule has 2 rings (SSSR count). The molecule has 0 spiro atoms. The largest absolute Gasteiger partial charge is 0.373 e. The number of carbonyl (C=O) groups is 1. The van der Waals surface area contributed by atoms with Gasteiger partial charge in [0.2, 0.25) is 0 Å². The van der Waals surface area contributed by atoms with Crippen molar-refractivity contribution in [3.05, 3.63) is 18.0 Å². The molecular weight excluding hydrogens is 294 g/mol. The molecule has 1 aromatic rings. The van der Waals surface area contributed by atoms with Gasteiger partial charge in [0.15, 0.2) is 0 Å². The molecule has 23 heavy (non-hydrogen) atoms. The highest BCUT2D eigenvalue weighted by Gasteiger charge is 2.26. The molecule has 2 heterocycles. The van der Waals surface area contributed by atoms with Crippen LogP contribution in [0.5, 0.6) is 0 Å². The standard InChI is InChI=1S/C16H29N5O2/c1-12(21-8-13(2)23-14(3)9-21)6-17-16(22)19(4)10-15-7-18-20(5)11-15/h7,11-14H,6,8-10H2,1-5H3,(H,17,22)/t12-,13-,14+/m1/s1. The molecule has 1 aliphatic rings. The maximum absolute atomic E-state index is 12.2. The average molecular weight is 323 g/mol. The molecule has 2 amide bonds. The fourth-order valence-electron chi connectivity index (χ4n) is 2.98. The first-order valence-electron chi connectivity index (χ1n) is 8.21. The number of urea groups is 1. The molecule has 0 saturated carbocycles. The molecule has 1 N–H and O–H groups in total. The molecule has 1 saturated heterocycles. The number of rotatable bonds is 5. The second-order valence-electron chi connectivity index (χ2n) is 6.62. The second kappa shape index (κ2) is 7.79. The molecule has 1 fully saturated rings. The molecule has 130 valence electrons. The van der Waals surface area contributed by atoms with E-state index in [1.54, 1.807) is 22.8 Å². The molecule has 7 heteroatoms. The van der Waals surface area contributed by atoms with Crippen LogP contribution in [-0.2, 0) is 18.3 Å². The number of hydrogen-bond donors (Lipinski definition) is 1. The van der Waals surface area contributed by atoms with E-state index < -0.39 is 0 Å². The van der Waals surface area contributed by atoms with E-state index >= 15 is 0 Å². The molecule has 1 aliphatic heterocycles. The molecule has 0 bridgehead atoms. The van der Waals surface area contributed by atoms with E-state index in [0.717, 1.165) is 18.7 Å². The SMILES string of the molecule is C[C@@H]1CN([C@H](C)CNC(=O)N(C)Cc2cnn(C)c2)C[C@H](C)O1. The van der Waals surface area contributed by atoms with Crippen LogP contribution in [-0.4, -0.2) is 70.5 Å². The van der Waals surface area contributed by atoms with Crippen molar-refractivity contribution < 1.29 is 9.53 Å². The third-order valence-corrected chi connectivity index (χ3v) is 4.14. The van der Waals surface area contributed by atoms with Crippen molar-refractivity contribution >= 4 is 6.03 Å². The zero-order chi connectivity index (χ0) is 17.0. The molecule has 3 atom stereocenters. The number of hydrogen-bond acceptors (Lipinski definition) is 4. The van der Waals surface area contributed by atoms with E-state index in [0.29, 0.717) is 19.1 Å². The van der Waals surface area contributed by atoms with Crippen LogP contribution in [0.25, 0.3) is 0 Å². The summed E-state index contributed by atoms with van der Waals surface area (Å²) in [5.74, 6) is 0. The Kier molecular flexibility index (Phi) is 6.01. The van der Waals surface area contributed by atoms with Gasteiger partial charge in [-0.2, -0.15) is 5.10 Å². The first-order valence-corrected chi connectivity index (χ1v) is 8.21. The van der Waals surface area contributed by atoms with Gasteiger partial charge in [0, 0.05) is 51.5 Å². The summed E-state index contributed by atoms with van der Waals surface area (Å²) in [5, 5.41) is 7.13. The smallest absolute Gasteiger partial charge is 0.317 e. The van der Waals surface area contributed by atoms with Gasteiger partial charge in [0.05, 0.1) is 24.9 Å². The van der Waals surface area contributed by atoms with Crippen molar-refractivity contribution in [3.8, 4) is 0 Å². The summed E-state index contributed by atoms with van der Waals surface area (Å²) in [6.45, 7) is 9.34. The molecule has 0 unspecified atom stereocenters. The quantitative estimate of drug-likeness (QED) is 0.880. The first kappa shape index (κ1) is 17.7. The lowest BCUT2D eigenvalue weighted by Gasteiger charge is -2.39. The Morgan fingerprint density at radius 2 is 2.13 bits per heavy atom. The summed E-state index contributed by atoms with van der Waals surface area (Å²) in [7, 11) is 3.67. The number of ether oxygens (including phenoxy) is 1. The van der Waals surface area contributed by atoms with Gasteiger partial charge in [-0.1, -0.05) is 0 Å². The van der Waals surface area contributed by atoms with E-state index in [4.69, 9.17) is 4.74 Å². The molecule has 1 aromatic heterocycles. The van der Waals surface area contributed by atoms with E-state index in [9.17, 15) is 4.79 Å². The highest BCUT2D eigenvalue weighted by Crippen LogP contribution is 2.13. The monoisotopic (exact) mass is 323 g/mol. The van der Waals surface area contributed by atoms with Crippen LogP contribution in [0.15, 0.2) is 12.4 Å². The predicted molar refractivity (Wildman–Crippen MR) is 89.1 cm³/mol. The Morgan fingerprint density at radius 1 is 1.48 bits per heavy atom. The van der Waals surface area contributed by atoms with Crippen molar-refractivity contribution in [1.82, 2.24) is 24.9 Å². The lowest BCUT2D eigenvalue weighted by Crippen LogP contribution is -2.53. The van der Waals surface area contributed by atoms with E-state index in [2.05, 4.69) is 36.1 Å². The lowest BCUT2D eigenvalue weighted by atomic mass is 10.2. The first-order chi connectivity index (χ1) is 10.8. The van der Waals surface area contributed by atoms with Gasteiger partial charge >= 0.3 is 6.03 Å². The minimum Gasteiger partial charge on any atom is -0.373 e. The van der Waals surface area contributed by atoms with Crippen LogP contribution < -0.4 is 5.32 Å². The number of carbonyl (C=O) groups excluding carboxylic acids is 1. The van der Waals surface area contributed by atoms with Crippen molar-refractivity contribution in [3.63, 3.8) is 0 Å². The number of nitrogens with zero attached hydrogens (tertiary/aromatic N) is 4. The minimum absolute atomic E-state index is 0.0601. The van der Waals surface area contributed by atoms with Gasteiger partial charge in [0.25, 0.3) is 0 Å². The summed E-state index contributed by atoms with van der Waals surface area (Å²) >= 11 is 0. The van der Waals surface area contributed by atoms with Gasteiger partial charge < -0.3 is 15.0 Å². The predicted octanol–water partition coefficient (Wildman–Crippen LogP) is 1.06. The Balaban J connectivity index is 1.76. The lowest BCUT2D eigenvalue weighted by molar-refractivity contribution is -0.0778. The zero-order valence-electron chi connectivity index (χ0n) is 14.8. The average Bonchev–Trinajstić information content (AvgIpc) is 2.88. The Hall–Kier alpha value is -1.60. The molecular formula is C16H29N5O2. The summed E-state index contributed by atoms with van der Waals surface area (Å²) in [6, 6.07) is 0.231. The van der Waals surface area contributed by atoms with Gasteiger partial charge in [0.1, 0.15) is 0 Å². The van der Waals surface area contributed by atoms with Crippen molar-refractivity contribution in [1.29, 1.82) is 0 Å².